The number of hydrogen-bond acceptors (Lipinski definition) is 4. The second kappa shape index (κ2) is 11.0. The maximum absolute atomic E-state index is 12.2. The predicted molar refractivity (Wildman–Crippen MR) is 113 cm³/mol. The van der Waals surface area contributed by atoms with Crippen molar-refractivity contribution < 1.29 is 21.9 Å². The summed E-state index contributed by atoms with van der Waals surface area (Å²) in [6.45, 7) is 0.805. The van der Waals surface area contributed by atoms with Crippen LogP contribution in [0.25, 0.3) is 0 Å². The summed E-state index contributed by atoms with van der Waals surface area (Å²) in [5, 5.41) is 3.19. The first-order valence-electron chi connectivity index (χ1n) is 8.52. The van der Waals surface area contributed by atoms with Crippen molar-refractivity contribution in [3.05, 3.63) is 29.8 Å². The van der Waals surface area contributed by atoms with Gasteiger partial charge in [0, 0.05) is 26.7 Å². The van der Waals surface area contributed by atoms with Crippen LogP contribution in [-0.4, -0.2) is 57.5 Å². The summed E-state index contributed by atoms with van der Waals surface area (Å²) in [5.74, 6) is 1.31. The molecule has 1 heterocycles. The number of aliphatic imine (C=N–C) groups is 1. The lowest BCUT2D eigenvalue weighted by Gasteiger charge is -2.22. The molecule has 0 saturated carbocycles. The number of rotatable bonds is 7. The van der Waals surface area contributed by atoms with Crippen LogP contribution < -0.4 is 10.1 Å². The molecule has 0 radical (unpaired) electrons. The molecule has 27 heavy (non-hydrogen) atoms. The maximum atomic E-state index is 12.2. The van der Waals surface area contributed by atoms with Gasteiger partial charge in [-0.15, -0.1) is 24.0 Å². The van der Waals surface area contributed by atoms with Gasteiger partial charge in [0.05, 0.1) is 11.5 Å². The molecule has 1 atom stereocenters. The Morgan fingerprint density at radius 1 is 1.37 bits per heavy atom. The minimum atomic E-state index is -2.91. The van der Waals surface area contributed by atoms with Crippen LogP contribution in [0, 0.1) is 5.92 Å². The highest BCUT2D eigenvalue weighted by Gasteiger charge is 2.27. The lowest BCUT2D eigenvalue weighted by Crippen LogP contribution is -2.38. The van der Waals surface area contributed by atoms with Crippen LogP contribution in [0.3, 0.4) is 0 Å². The van der Waals surface area contributed by atoms with Gasteiger partial charge < -0.3 is 15.0 Å². The molecule has 10 heteroatoms. The van der Waals surface area contributed by atoms with Crippen LogP contribution >= 0.6 is 24.0 Å². The first-order chi connectivity index (χ1) is 12.3. The van der Waals surface area contributed by atoms with Crippen LogP contribution in [0.1, 0.15) is 18.9 Å². The van der Waals surface area contributed by atoms with E-state index in [1.807, 2.05) is 18.9 Å². The minimum Gasteiger partial charge on any atom is -0.435 e. The molecular formula is C17H26F2IN3O3S. The third-order valence-electron chi connectivity index (χ3n) is 4.09. The molecule has 1 aromatic rings. The number of benzene rings is 1. The lowest BCUT2D eigenvalue weighted by molar-refractivity contribution is -0.0498. The van der Waals surface area contributed by atoms with Gasteiger partial charge in [0.25, 0.3) is 0 Å². The fourth-order valence-corrected chi connectivity index (χ4v) is 4.68. The van der Waals surface area contributed by atoms with Crippen molar-refractivity contribution in [2.45, 2.75) is 26.5 Å². The highest BCUT2D eigenvalue weighted by Crippen LogP contribution is 2.19. The molecule has 0 aliphatic carbocycles. The third-order valence-corrected chi connectivity index (χ3v) is 5.93. The van der Waals surface area contributed by atoms with Crippen molar-refractivity contribution in [1.82, 2.24) is 10.2 Å². The van der Waals surface area contributed by atoms with E-state index >= 15 is 0 Å². The van der Waals surface area contributed by atoms with Gasteiger partial charge >= 0.3 is 6.61 Å². The number of halogens is 3. The average Bonchev–Trinajstić information content (AvgIpc) is 2.91. The molecule has 154 valence electrons. The Balaban J connectivity index is 0.00000364. The van der Waals surface area contributed by atoms with Gasteiger partial charge in [-0.3, -0.25) is 4.99 Å². The van der Waals surface area contributed by atoms with E-state index in [4.69, 9.17) is 0 Å². The fraction of sp³-hybridized carbons (Fsp3) is 0.588. The van der Waals surface area contributed by atoms with E-state index < -0.39 is 16.4 Å². The topological polar surface area (TPSA) is 71.0 Å². The zero-order chi connectivity index (χ0) is 19.2. The summed E-state index contributed by atoms with van der Waals surface area (Å²) in [7, 11) is -1.03. The van der Waals surface area contributed by atoms with Gasteiger partial charge in [0.1, 0.15) is 5.75 Å². The molecule has 0 spiro atoms. The molecule has 1 unspecified atom stereocenters. The van der Waals surface area contributed by atoms with Gasteiger partial charge in [0.15, 0.2) is 15.8 Å². The molecule has 1 saturated heterocycles. The maximum Gasteiger partial charge on any atom is 0.387 e. The zero-order valence-corrected chi connectivity index (χ0v) is 18.5. The SMILES string of the molecule is CCNC(=NCC1CCS(=O)(=O)C1)N(C)Cc1ccc(OC(F)F)cc1.I. The molecule has 0 aromatic heterocycles. The lowest BCUT2D eigenvalue weighted by atomic mass is 10.1. The van der Waals surface area contributed by atoms with Gasteiger partial charge in [-0.1, -0.05) is 12.1 Å². The number of alkyl halides is 2. The Bertz CT molecular complexity index is 715. The third kappa shape index (κ3) is 8.16. The molecule has 0 bridgehead atoms. The zero-order valence-electron chi connectivity index (χ0n) is 15.4. The van der Waals surface area contributed by atoms with Crippen LogP contribution in [0.2, 0.25) is 0 Å². The quantitative estimate of drug-likeness (QED) is 0.342. The van der Waals surface area contributed by atoms with E-state index in [-0.39, 0.29) is 47.1 Å². The highest BCUT2D eigenvalue weighted by atomic mass is 127. The standard InChI is InChI=1S/C17H25F2N3O3S.HI/c1-3-20-17(21-10-14-8-9-26(23,24)12-14)22(2)11-13-4-6-15(7-5-13)25-16(18)19;/h4-7,14,16H,3,8-12H2,1-2H3,(H,20,21);1H. The first kappa shape index (κ1) is 23.9. The van der Waals surface area contributed by atoms with E-state index in [2.05, 4.69) is 15.0 Å². The van der Waals surface area contributed by atoms with Crippen LogP contribution in [0.4, 0.5) is 8.78 Å². The Hall–Kier alpha value is -1.17. The Morgan fingerprint density at radius 2 is 2.04 bits per heavy atom. The van der Waals surface area contributed by atoms with Gasteiger partial charge in [-0.2, -0.15) is 8.78 Å². The molecule has 0 amide bonds. The van der Waals surface area contributed by atoms with Crippen molar-refractivity contribution in [1.29, 1.82) is 0 Å². The molecular weight excluding hydrogens is 491 g/mol. The van der Waals surface area contributed by atoms with E-state index in [1.54, 1.807) is 12.1 Å². The molecule has 1 aliphatic rings. The molecule has 2 rings (SSSR count). The number of nitrogens with one attached hydrogen (secondary N) is 1. The van der Waals surface area contributed by atoms with E-state index in [0.29, 0.717) is 32.0 Å². The van der Waals surface area contributed by atoms with E-state index in [1.165, 1.54) is 12.1 Å². The first-order valence-corrected chi connectivity index (χ1v) is 10.3. The summed E-state index contributed by atoms with van der Waals surface area (Å²) < 4.78 is 51.8. The average molecular weight is 517 g/mol. The second-order valence-electron chi connectivity index (χ2n) is 6.34. The number of guanidine groups is 1. The summed E-state index contributed by atoms with van der Waals surface area (Å²) >= 11 is 0. The normalized spacial score (nSPS) is 18.9. The van der Waals surface area contributed by atoms with Crippen molar-refractivity contribution in [2.24, 2.45) is 10.9 Å². The second-order valence-corrected chi connectivity index (χ2v) is 8.57. The largest absolute Gasteiger partial charge is 0.435 e. The smallest absolute Gasteiger partial charge is 0.387 e. The molecule has 1 N–H and O–H groups in total. The highest BCUT2D eigenvalue weighted by molar-refractivity contribution is 14.0. The number of sulfone groups is 1. The van der Waals surface area contributed by atoms with E-state index in [0.717, 1.165) is 5.56 Å². The predicted octanol–water partition coefficient (Wildman–Crippen LogP) is 2.74. The summed E-state index contributed by atoms with van der Waals surface area (Å²) in [5.41, 5.74) is 0.920. The van der Waals surface area contributed by atoms with E-state index in [9.17, 15) is 17.2 Å². The minimum absolute atomic E-state index is 0. The number of hydrogen-bond donors (Lipinski definition) is 1. The number of nitrogens with zero attached hydrogens (tertiary/aromatic N) is 2. The summed E-state index contributed by atoms with van der Waals surface area (Å²) in [6, 6.07) is 6.45. The van der Waals surface area contributed by atoms with Crippen molar-refractivity contribution in [2.75, 3.05) is 31.6 Å². The molecule has 1 aliphatic heterocycles. The summed E-state index contributed by atoms with van der Waals surface area (Å²) in [4.78, 5) is 6.47. The Kier molecular flexibility index (Phi) is 9.71. The van der Waals surface area contributed by atoms with Crippen LogP contribution in [0.5, 0.6) is 5.75 Å². The summed E-state index contributed by atoms with van der Waals surface area (Å²) in [6.07, 6.45) is 0.653. The molecule has 1 aromatic carbocycles. The number of ether oxygens (including phenoxy) is 1. The van der Waals surface area contributed by atoms with Crippen molar-refractivity contribution in [3.63, 3.8) is 0 Å². The Labute approximate surface area is 176 Å². The fourth-order valence-electron chi connectivity index (χ4n) is 2.83. The monoisotopic (exact) mass is 517 g/mol. The van der Waals surface area contributed by atoms with Crippen LogP contribution in [-0.2, 0) is 16.4 Å². The molecule has 1 fully saturated rings. The van der Waals surface area contributed by atoms with Gasteiger partial charge in [0.2, 0.25) is 0 Å². The van der Waals surface area contributed by atoms with Crippen LogP contribution in [0.15, 0.2) is 29.3 Å². The van der Waals surface area contributed by atoms with Crippen molar-refractivity contribution >= 4 is 39.8 Å². The molecule has 6 nitrogen and oxygen atoms in total. The van der Waals surface area contributed by atoms with Gasteiger partial charge in [-0.05, 0) is 37.0 Å². The van der Waals surface area contributed by atoms with Crippen molar-refractivity contribution in [3.8, 4) is 5.75 Å². The Morgan fingerprint density at radius 3 is 2.56 bits per heavy atom. The van der Waals surface area contributed by atoms with Gasteiger partial charge in [-0.25, -0.2) is 8.42 Å².